The van der Waals surface area contributed by atoms with Gasteiger partial charge >= 0.3 is 6.18 Å². The Hall–Kier alpha value is -1.34. The van der Waals surface area contributed by atoms with Crippen molar-refractivity contribution in [3.63, 3.8) is 0 Å². The highest BCUT2D eigenvalue weighted by Gasteiger charge is 2.36. The minimum absolute atomic E-state index is 0. The van der Waals surface area contributed by atoms with Gasteiger partial charge in [0, 0.05) is 6.54 Å². The fourth-order valence-corrected chi connectivity index (χ4v) is 2.73. The van der Waals surface area contributed by atoms with Gasteiger partial charge < -0.3 is 11.1 Å². The summed E-state index contributed by atoms with van der Waals surface area (Å²) in [6, 6.07) is 2.40. The van der Waals surface area contributed by atoms with Gasteiger partial charge in [0.25, 0.3) is 0 Å². The van der Waals surface area contributed by atoms with Crippen LogP contribution in [0.25, 0.3) is 0 Å². The van der Waals surface area contributed by atoms with E-state index in [0.29, 0.717) is 18.9 Å². The second-order valence-corrected chi connectivity index (χ2v) is 5.70. The average Bonchev–Trinajstić information content (AvgIpc) is 2.45. The molecule has 2 rings (SSSR count). The Morgan fingerprint density at radius 3 is 2.39 bits per heavy atom. The van der Waals surface area contributed by atoms with Gasteiger partial charge in [-0.1, -0.05) is 25.3 Å². The summed E-state index contributed by atoms with van der Waals surface area (Å²) in [5.74, 6) is -1.42. The molecule has 1 fully saturated rings. The van der Waals surface area contributed by atoms with Gasteiger partial charge in [-0.05, 0) is 30.5 Å². The predicted octanol–water partition coefficient (Wildman–Crippen LogP) is 3.54. The molecule has 0 atom stereocenters. The van der Waals surface area contributed by atoms with Crippen molar-refractivity contribution in [1.29, 1.82) is 0 Å². The van der Waals surface area contributed by atoms with Crippen molar-refractivity contribution in [3.8, 4) is 0 Å². The topological polar surface area (TPSA) is 55.1 Å². The molecule has 0 bridgehead atoms. The van der Waals surface area contributed by atoms with Crippen molar-refractivity contribution >= 4 is 18.3 Å². The number of alkyl halides is 3. The Labute approximate surface area is 138 Å². The summed E-state index contributed by atoms with van der Waals surface area (Å²) in [4.78, 5) is 12.1. The largest absolute Gasteiger partial charge is 0.416 e. The van der Waals surface area contributed by atoms with Crippen molar-refractivity contribution < 1.29 is 22.4 Å². The van der Waals surface area contributed by atoms with Gasteiger partial charge in [0.1, 0.15) is 5.82 Å². The molecule has 1 amide bonds. The molecular weight excluding hydrogens is 336 g/mol. The first-order chi connectivity index (χ1) is 10.2. The Kier molecular flexibility index (Phi) is 6.41. The Morgan fingerprint density at radius 2 is 1.83 bits per heavy atom. The van der Waals surface area contributed by atoms with Gasteiger partial charge in [0.15, 0.2) is 0 Å². The molecule has 0 spiro atoms. The Balaban J connectivity index is 0.00000264. The lowest BCUT2D eigenvalue weighted by Crippen LogP contribution is -2.54. The zero-order valence-electron chi connectivity index (χ0n) is 12.4. The number of benzene rings is 1. The Bertz CT molecular complexity index is 557. The van der Waals surface area contributed by atoms with Crippen LogP contribution in [-0.2, 0) is 17.5 Å². The summed E-state index contributed by atoms with van der Waals surface area (Å²) in [7, 11) is 0. The van der Waals surface area contributed by atoms with E-state index in [2.05, 4.69) is 5.32 Å². The van der Waals surface area contributed by atoms with Gasteiger partial charge in [-0.2, -0.15) is 13.2 Å². The zero-order chi connectivity index (χ0) is 16.4. The van der Waals surface area contributed by atoms with Crippen molar-refractivity contribution in [1.82, 2.24) is 5.32 Å². The van der Waals surface area contributed by atoms with Crippen molar-refractivity contribution in [3.05, 3.63) is 35.1 Å². The minimum Gasteiger partial charge on any atom is -0.350 e. The van der Waals surface area contributed by atoms with E-state index in [9.17, 15) is 22.4 Å². The molecule has 0 aliphatic heterocycles. The van der Waals surface area contributed by atoms with E-state index >= 15 is 0 Å². The molecule has 1 aliphatic rings. The van der Waals surface area contributed by atoms with Crippen LogP contribution in [0.4, 0.5) is 17.6 Å². The summed E-state index contributed by atoms with van der Waals surface area (Å²) in [6.07, 6.45) is -0.971. The molecule has 0 unspecified atom stereocenters. The maximum absolute atomic E-state index is 13.0. The van der Waals surface area contributed by atoms with Crippen LogP contribution in [0.15, 0.2) is 18.2 Å². The van der Waals surface area contributed by atoms with E-state index in [1.54, 1.807) is 0 Å². The SMILES string of the molecule is Cl.NC1(C(=O)NCc2ccc(F)cc2C(F)(F)F)CCCCC1. The number of carbonyl (C=O) groups excluding carboxylic acids is 1. The van der Waals surface area contributed by atoms with E-state index < -0.39 is 29.0 Å². The van der Waals surface area contributed by atoms with E-state index in [1.165, 1.54) is 0 Å². The van der Waals surface area contributed by atoms with Gasteiger partial charge in [-0.25, -0.2) is 4.39 Å². The lowest BCUT2D eigenvalue weighted by atomic mass is 9.82. The number of halogens is 5. The Morgan fingerprint density at radius 1 is 1.22 bits per heavy atom. The number of nitrogens with two attached hydrogens (primary N) is 1. The fraction of sp³-hybridized carbons (Fsp3) is 0.533. The molecule has 0 aromatic heterocycles. The minimum atomic E-state index is -4.67. The fourth-order valence-electron chi connectivity index (χ4n) is 2.73. The number of hydrogen-bond acceptors (Lipinski definition) is 2. The first kappa shape index (κ1) is 19.7. The lowest BCUT2D eigenvalue weighted by Gasteiger charge is -2.32. The van der Waals surface area contributed by atoms with Crippen LogP contribution in [0.3, 0.4) is 0 Å². The molecule has 1 aromatic rings. The van der Waals surface area contributed by atoms with Crippen LogP contribution < -0.4 is 11.1 Å². The number of nitrogens with one attached hydrogen (secondary N) is 1. The third-order valence-corrected chi connectivity index (χ3v) is 4.01. The maximum atomic E-state index is 13.0. The normalized spacial score (nSPS) is 17.3. The molecule has 0 saturated heterocycles. The summed E-state index contributed by atoms with van der Waals surface area (Å²) in [6.45, 7) is -0.326. The number of rotatable bonds is 3. The number of hydrogen-bond donors (Lipinski definition) is 2. The molecule has 0 heterocycles. The van der Waals surface area contributed by atoms with Crippen LogP contribution in [0.1, 0.15) is 43.2 Å². The van der Waals surface area contributed by atoms with E-state index in [1.807, 2.05) is 0 Å². The first-order valence-electron chi connectivity index (χ1n) is 7.15. The summed E-state index contributed by atoms with van der Waals surface area (Å²) in [5.41, 5.74) is 3.74. The third-order valence-electron chi connectivity index (χ3n) is 4.01. The molecular formula is C15H19ClF4N2O. The standard InChI is InChI=1S/C15H18F4N2O.ClH/c16-11-5-4-10(12(8-11)15(17,18)19)9-21-13(22)14(20)6-2-1-3-7-14;/h4-5,8H,1-3,6-7,9,20H2,(H,21,22);1H. The summed E-state index contributed by atoms with van der Waals surface area (Å²) >= 11 is 0. The van der Waals surface area contributed by atoms with Gasteiger partial charge in [-0.15, -0.1) is 12.4 Å². The zero-order valence-corrected chi connectivity index (χ0v) is 13.2. The highest BCUT2D eigenvalue weighted by atomic mass is 35.5. The van der Waals surface area contributed by atoms with Crippen LogP contribution in [0.5, 0.6) is 0 Å². The maximum Gasteiger partial charge on any atom is 0.416 e. The smallest absolute Gasteiger partial charge is 0.350 e. The average molecular weight is 355 g/mol. The second-order valence-electron chi connectivity index (χ2n) is 5.70. The van der Waals surface area contributed by atoms with Gasteiger partial charge in [0.2, 0.25) is 5.91 Å². The van der Waals surface area contributed by atoms with Crippen molar-refractivity contribution in [2.24, 2.45) is 5.73 Å². The predicted molar refractivity (Wildman–Crippen MR) is 80.5 cm³/mol. The molecule has 1 aromatic carbocycles. The molecule has 1 aliphatic carbocycles. The monoisotopic (exact) mass is 354 g/mol. The molecule has 3 nitrogen and oxygen atoms in total. The van der Waals surface area contributed by atoms with E-state index in [0.717, 1.165) is 31.4 Å². The van der Waals surface area contributed by atoms with Crippen molar-refractivity contribution in [2.75, 3.05) is 0 Å². The third kappa shape index (κ3) is 4.81. The second kappa shape index (κ2) is 7.49. The number of carbonyl (C=O) groups is 1. The summed E-state index contributed by atoms with van der Waals surface area (Å²) in [5, 5.41) is 2.45. The van der Waals surface area contributed by atoms with Gasteiger partial charge in [0.05, 0.1) is 11.1 Å². The van der Waals surface area contributed by atoms with E-state index in [-0.39, 0.29) is 24.5 Å². The molecule has 1 saturated carbocycles. The first-order valence-corrected chi connectivity index (χ1v) is 7.15. The summed E-state index contributed by atoms with van der Waals surface area (Å²) < 4.78 is 51.7. The molecule has 8 heteroatoms. The number of amides is 1. The van der Waals surface area contributed by atoms with Crippen LogP contribution in [0, 0.1) is 5.82 Å². The van der Waals surface area contributed by atoms with Crippen LogP contribution in [0.2, 0.25) is 0 Å². The molecule has 0 radical (unpaired) electrons. The van der Waals surface area contributed by atoms with Gasteiger partial charge in [-0.3, -0.25) is 4.79 Å². The highest BCUT2D eigenvalue weighted by molar-refractivity contribution is 5.86. The lowest BCUT2D eigenvalue weighted by molar-refractivity contribution is -0.138. The molecule has 23 heavy (non-hydrogen) atoms. The van der Waals surface area contributed by atoms with Crippen molar-refractivity contribution in [2.45, 2.75) is 50.4 Å². The van der Waals surface area contributed by atoms with Crippen LogP contribution in [-0.4, -0.2) is 11.4 Å². The quantitative estimate of drug-likeness (QED) is 0.816. The molecule has 3 N–H and O–H groups in total. The van der Waals surface area contributed by atoms with E-state index in [4.69, 9.17) is 5.73 Å². The molecule has 130 valence electrons. The van der Waals surface area contributed by atoms with Crippen LogP contribution >= 0.6 is 12.4 Å². The highest BCUT2D eigenvalue weighted by Crippen LogP contribution is 2.32.